The summed E-state index contributed by atoms with van der Waals surface area (Å²) in [4.78, 5) is 4.06. The van der Waals surface area contributed by atoms with Gasteiger partial charge in [0.15, 0.2) is 0 Å². The maximum absolute atomic E-state index is 4.41. The molecule has 1 N–H and O–H groups in total. The van der Waals surface area contributed by atoms with E-state index in [-0.39, 0.29) is 5.54 Å². The zero-order valence-electron chi connectivity index (χ0n) is 12.9. The first-order chi connectivity index (χ1) is 9.45. The van der Waals surface area contributed by atoms with Gasteiger partial charge in [-0.2, -0.15) is 5.10 Å². The minimum Gasteiger partial charge on any atom is -0.337 e. The van der Waals surface area contributed by atoms with Gasteiger partial charge in [-0.1, -0.05) is 6.92 Å². The molecular formula is C15H25N5. The second-order valence-electron chi connectivity index (χ2n) is 6.46. The van der Waals surface area contributed by atoms with Crippen molar-refractivity contribution in [1.29, 1.82) is 0 Å². The third kappa shape index (κ3) is 4.20. The van der Waals surface area contributed by atoms with Crippen LogP contribution in [0.5, 0.6) is 0 Å². The smallest absolute Gasteiger partial charge is 0.0946 e. The number of nitrogens with zero attached hydrogens (tertiary/aromatic N) is 4. The fraction of sp³-hybridized carbons (Fsp3) is 0.600. The van der Waals surface area contributed by atoms with Gasteiger partial charge in [-0.25, -0.2) is 4.98 Å². The maximum atomic E-state index is 4.41. The van der Waals surface area contributed by atoms with Crippen LogP contribution in [0.25, 0.3) is 0 Å². The van der Waals surface area contributed by atoms with Gasteiger partial charge >= 0.3 is 0 Å². The molecule has 0 aliphatic carbocycles. The lowest BCUT2D eigenvalue weighted by Crippen LogP contribution is -2.24. The van der Waals surface area contributed by atoms with Gasteiger partial charge in [0.2, 0.25) is 0 Å². The molecule has 0 amide bonds. The zero-order valence-corrected chi connectivity index (χ0v) is 12.9. The maximum Gasteiger partial charge on any atom is 0.0946 e. The predicted molar refractivity (Wildman–Crippen MR) is 80.3 cm³/mol. The molecule has 0 radical (unpaired) electrons. The first-order valence-corrected chi connectivity index (χ1v) is 7.15. The van der Waals surface area contributed by atoms with Crippen molar-refractivity contribution >= 4 is 0 Å². The van der Waals surface area contributed by atoms with Crippen LogP contribution in [0.1, 0.15) is 33.3 Å². The highest BCUT2D eigenvalue weighted by molar-refractivity contribution is 5.04. The standard InChI is InChI=1S/C15H25N5/c1-13(10-19-6-5-16-12-19)7-17-8-14-9-18-20(11-14)15(2,3)4/h5-6,9,11-13,17H,7-8,10H2,1-4H3. The lowest BCUT2D eigenvalue weighted by molar-refractivity contribution is 0.355. The van der Waals surface area contributed by atoms with E-state index in [1.165, 1.54) is 5.56 Å². The van der Waals surface area contributed by atoms with Crippen molar-refractivity contribution in [2.45, 2.75) is 46.3 Å². The summed E-state index contributed by atoms with van der Waals surface area (Å²) in [5, 5.41) is 7.90. The van der Waals surface area contributed by atoms with Crippen molar-refractivity contribution in [1.82, 2.24) is 24.6 Å². The number of hydrogen-bond donors (Lipinski definition) is 1. The van der Waals surface area contributed by atoms with E-state index in [0.29, 0.717) is 5.92 Å². The molecule has 110 valence electrons. The molecule has 0 saturated heterocycles. The van der Waals surface area contributed by atoms with Crippen LogP contribution < -0.4 is 5.32 Å². The SMILES string of the molecule is CC(CNCc1cnn(C(C)(C)C)c1)Cn1ccnc1. The molecule has 0 fully saturated rings. The van der Waals surface area contributed by atoms with E-state index in [1.54, 1.807) is 0 Å². The van der Waals surface area contributed by atoms with E-state index in [1.807, 2.05) is 29.6 Å². The summed E-state index contributed by atoms with van der Waals surface area (Å²) in [7, 11) is 0. The molecule has 20 heavy (non-hydrogen) atoms. The van der Waals surface area contributed by atoms with Gasteiger partial charge in [0.05, 0.1) is 18.1 Å². The summed E-state index contributed by atoms with van der Waals surface area (Å²) in [6.07, 6.45) is 9.75. The van der Waals surface area contributed by atoms with Gasteiger partial charge in [-0.3, -0.25) is 4.68 Å². The van der Waals surface area contributed by atoms with Gasteiger partial charge in [0, 0.05) is 37.2 Å². The minimum absolute atomic E-state index is 0.0486. The van der Waals surface area contributed by atoms with E-state index < -0.39 is 0 Å². The molecule has 2 heterocycles. The lowest BCUT2D eigenvalue weighted by Gasteiger charge is -2.18. The summed E-state index contributed by atoms with van der Waals surface area (Å²) >= 11 is 0. The fourth-order valence-electron chi connectivity index (χ4n) is 2.10. The minimum atomic E-state index is 0.0486. The second kappa shape index (κ2) is 6.22. The molecule has 0 aliphatic heterocycles. The number of rotatable bonds is 6. The predicted octanol–water partition coefficient (Wildman–Crippen LogP) is 2.26. The Hall–Kier alpha value is -1.62. The van der Waals surface area contributed by atoms with Crippen LogP contribution in [0.15, 0.2) is 31.1 Å². The molecule has 1 unspecified atom stereocenters. The van der Waals surface area contributed by atoms with Crippen LogP contribution >= 0.6 is 0 Å². The number of imidazole rings is 1. The van der Waals surface area contributed by atoms with Gasteiger partial charge < -0.3 is 9.88 Å². The number of nitrogens with one attached hydrogen (secondary N) is 1. The summed E-state index contributed by atoms with van der Waals surface area (Å²) in [5.41, 5.74) is 1.28. The third-order valence-electron chi connectivity index (χ3n) is 3.23. The Morgan fingerprint density at radius 3 is 2.75 bits per heavy atom. The van der Waals surface area contributed by atoms with Crippen molar-refractivity contribution in [2.75, 3.05) is 6.54 Å². The average molecular weight is 275 g/mol. The molecule has 5 nitrogen and oxygen atoms in total. The molecule has 1 atom stereocenters. The number of hydrogen-bond acceptors (Lipinski definition) is 3. The van der Waals surface area contributed by atoms with Gasteiger partial charge in [0.1, 0.15) is 0 Å². The van der Waals surface area contributed by atoms with Crippen molar-refractivity contribution < 1.29 is 0 Å². The normalized spacial score (nSPS) is 13.6. The van der Waals surface area contributed by atoms with Crippen molar-refractivity contribution in [2.24, 2.45) is 5.92 Å². The third-order valence-corrected chi connectivity index (χ3v) is 3.23. The van der Waals surface area contributed by atoms with E-state index >= 15 is 0 Å². The molecule has 0 bridgehead atoms. The van der Waals surface area contributed by atoms with Crippen LogP contribution in [0, 0.1) is 5.92 Å². The largest absolute Gasteiger partial charge is 0.337 e. The molecule has 2 aromatic rings. The molecule has 0 spiro atoms. The summed E-state index contributed by atoms with van der Waals surface area (Å²) < 4.78 is 4.13. The van der Waals surface area contributed by atoms with E-state index in [0.717, 1.165) is 19.6 Å². The first kappa shape index (κ1) is 14.8. The zero-order chi connectivity index (χ0) is 14.6. The van der Waals surface area contributed by atoms with Crippen LogP contribution in [-0.2, 0) is 18.6 Å². The Morgan fingerprint density at radius 1 is 1.35 bits per heavy atom. The Morgan fingerprint density at radius 2 is 2.15 bits per heavy atom. The Balaban J connectivity index is 1.74. The topological polar surface area (TPSA) is 47.7 Å². The van der Waals surface area contributed by atoms with Crippen LogP contribution in [-0.4, -0.2) is 25.9 Å². The lowest BCUT2D eigenvalue weighted by atomic mass is 10.1. The number of aromatic nitrogens is 4. The Bertz CT molecular complexity index is 507. The highest BCUT2D eigenvalue weighted by Crippen LogP contribution is 2.13. The van der Waals surface area contributed by atoms with E-state index in [9.17, 15) is 0 Å². The van der Waals surface area contributed by atoms with Crippen LogP contribution in [0.4, 0.5) is 0 Å². The summed E-state index contributed by atoms with van der Waals surface area (Å²) in [6, 6.07) is 0. The highest BCUT2D eigenvalue weighted by Gasteiger charge is 2.13. The van der Waals surface area contributed by atoms with Crippen molar-refractivity contribution in [3.63, 3.8) is 0 Å². The highest BCUT2D eigenvalue weighted by atomic mass is 15.3. The van der Waals surface area contributed by atoms with E-state index in [2.05, 4.69) is 53.9 Å². The summed E-state index contributed by atoms with van der Waals surface area (Å²) in [5.74, 6) is 0.571. The molecule has 0 aromatic carbocycles. The van der Waals surface area contributed by atoms with Crippen molar-refractivity contribution in [3.05, 3.63) is 36.7 Å². The van der Waals surface area contributed by atoms with Gasteiger partial charge in [-0.15, -0.1) is 0 Å². The summed E-state index contributed by atoms with van der Waals surface area (Å²) in [6.45, 7) is 11.6. The van der Waals surface area contributed by atoms with Crippen molar-refractivity contribution in [3.8, 4) is 0 Å². The fourth-order valence-corrected chi connectivity index (χ4v) is 2.10. The second-order valence-corrected chi connectivity index (χ2v) is 6.46. The monoisotopic (exact) mass is 275 g/mol. The Labute approximate surface area is 121 Å². The quantitative estimate of drug-likeness (QED) is 0.879. The first-order valence-electron chi connectivity index (χ1n) is 7.15. The van der Waals surface area contributed by atoms with Gasteiger partial charge in [-0.05, 0) is 33.2 Å². The van der Waals surface area contributed by atoms with Crippen LogP contribution in [0.2, 0.25) is 0 Å². The molecule has 0 aliphatic rings. The van der Waals surface area contributed by atoms with Gasteiger partial charge in [0.25, 0.3) is 0 Å². The average Bonchev–Trinajstić information content (AvgIpc) is 2.98. The molecule has 2 aromatic heterocycles. The van der Waals surface area contributed by atoms with E-state index in [4.69, 9.17) is 0 Å². The van der Waals surface area contributed by atoms with Crippen LogP contribution in [0.3, 0.4) is 0 Å². The molecule has 5 heteroatoms. The molecule has 2 rings (SSSR count). The molecule has 0 saturated carbocycles. The molecular weight excluding hydrogens is 250 g/mol. The Kier molecular flexibility index (Phi) is 4.60.